The Morgan fingerprint density at radius 1 is 1.23 bits per heavy atom. The van der Waals surface area contributed by atoms with Gasteiger partial charge in [0.05, 0.1) is 11.7 Å². The van der Waals surface area contributed by atoms with Gasteiger partial charge in [-0.1, -0.05) is 6.07 Å². The standard InChI is InChI=1S/C16H15BrF2N2O/c1-9-11(17)3-5-15(20-9)21-14-6-7-22-16(14)10-2-4-12(18)13(19)8-10/h2-5,8,14,16H,6-7H2,1H3,(H,20,21). The number of rotatable bonds is 3. The maximum absolute atomic E-state index is 13.4. The van der Waals surface area contributed by atoms with E-state index >= 15 is 0 Å². The molecule has 1 aromatic heterocycles. The lowest BCUT2D eigenvalue weighted by Gasteiger charge is -2.21. The van der Waals surface area contributed by atoms with E-state index in [1.165, 1.54) is 6.07 Å². The summed E-state index contributed by atoms with van der Waals surface area (Å²) in [4.78, 5) is 4.45. The van der Waals surface area contributed by atoms with E-state index in [2.05, 4.69) is 26.2 Å². The third-order valence-electron chi connectivity index (χ3n) is 3.72. The molecule has 1 fully saturated rings. The number of pyridine rings is 1. The number of nitrogens with zero attached hydrogens (tertiary/aromatic N) is 1. The predicted octanol–water partition coefficient (Wildman–Crippen LogP) is 4.37. The van der Waals surface area contributed by atoms with Gasteiger partial charge in [-0.05, 0) is 59.1 Å². The number of hydrogen-bond acceptors (Lipinski definition) is 3. The number of aryl methyl sites for hydroxylation is 1. The van der Waals surface area contributed by atoms with Crippen molar-refractivity contribution in [3.8, 4) is 0 Å². The molecule has 3 rings (SSSR count). The van der Waals surface area contributed by atoms with Gasteiger partial charge in [-0.25, -0.2) is 13.8 Å². The van der Waals surface area contributed by atoms with Gasteiger partial charge >= 0.3 is 0 Å². The van der Waals surface area contributed by atoms with Crippen molar-refractivity contribution >= 4 is 21.7 Å². The second kappa shape index (κ2) is 6.30. The van der Waals surface area contributed by atoms with Gasteiger partial charge in [-0.2, -0.15) is 0 Å². The molecular weight excluding hydrogens is 354 g/mol. The summed E-state index contributed by atoms with van der Waals surface area (Å²) in [6, 6.07) is 7.65. The Balaban J connectivity index is 1.80. The van der Waals surface area contributed by atoms with Crippen LogP contribution in [0, 0.1) is 18.6 Å². The molecule has 0 amide bonds. The van der Waals surface area contributed by atoms with Crippen LogP contribution in [-0.4, -0.2) is 17.6 Å². The highest BCUT2D eigenvalue weighted by molar-refractivity contribution is 9.10. The van der Waals surface area contributed by atoms with Crippen LogP contribution in [0.1, 0.15) is 23.8 Å². The molecule has 1 N–H and O–H groups in total. The molecule has 2 unspecified atom stereocenters. The maximum Gasteiger partial charge on any atom is 0.159 e. The van der Waals surface area contributed by atoms with E-state index in [9.17, 15) is 8.78 Å². The van der Waals surface area contributed by atoms with E-state index in [-0.39, 0.29) is 12.1 Å². The Bertz CT molecular complexity index is 696. The number of hydrogen-bond donors (Lipinski definition) is 1. The summed E-state index contributed by atoms with van der Waals surface area (Å²) in [7, 11) is 0. The molecular formula is C16H15BrF2N2O. The van der Waals surface area contributed by atoms with Gasteiger partial charge in [0.15, 0.2) is 11.6 Å². The maximum atomic E-state index is 13.4. The molecule has 6 heteroatoms. The molecule has 0 radical (unpaired) electrons. The van der Waals surface area contributed by atoms with Crippen LogP contribution in [0.4, 0.5) is 14.6 Å². The molecule has 3 nitrogen and oxygen atoms in total. The molecule has 0 saturated carbocycles. The van der Waals surface area contributed by atoms with Gasteiger partial charge in [-0.3, -0.25) is 0 Å². The van der Waals surface area contributed by atoms with Gasteiger partial charge in [0.2, 0.25) is 0 Å². The average Bonchev–Trinajstić information content (AvgIpc) is 2.94. The molecule has 1 aromatic carbocycles. The van der Waals surface area contributed by atoms with Crippen molar-refractivity contribution in [2.45, 2.75) is 25.5 Å². The summed E-state index contributed by atoms with van der Waals surface area (Å²) in [5.74, 6) is -0.968. The molecule has 1 saturated heterocycles. The summed E-state index contributed by atoms with van der Waals surface area (Å²) < 4.78 is 33.1. The molecule has 2 heterocycles. The van der Waals surface area contributed by atoms with Gasteiger partial charge in [0, 0.05) is 11.1 Å². The highest BCUT2D eigenvalue weighted by Crippen LogP contribution is 2.32. The molecule has 0 aliphatic carbocycles. The monoisotopic (exact) mass is 368 g/mol. The Kier molecular flexibility index (Phi) is 4.40. The van der Waals surface area contributed by atoms with E-state index in [4.69, 9.17) is 4.74 Å². The number of anilines is 1. The second-order valence-electron chi connectivity index (χ2n) is 5.27. The zero-order valence-corrected chi connectivity index (χ0v) is 13.5. The number of benzene rings is 1. The van der Waals surface area contributed by atoms with Crippen molar-refractivity contribution < 1.29 is 13.5 Å². The lowest BCUT2D eigenvalue weighted by atomic mass is 10.0. The van der Waals surface area contributed by atoms with E-state index in [0.29, 0.717) is 12.2 Å². The van der Waals surface area contributed by atoms with Crippen LogP contribution in [0.15, 0.2) is 34.8 Å². The van der Waals surface area contributed by atoms with Gasteiger partial charge in [-0.15, -0.1) is 0 Å². The van der Waals surface area contributed by atoms with Crippen LogP contribution in [0.25, 0.3) is 0 Å². The average molecular weight is 369 g/mol. The first-order valence-corrected chi connectivity index (χ1v) is 7.80. The van der Waals surface area contributed by atoms with Crippen molar-refractivity contribution in [3.05, 3.63) is 57.7 Å². The third kappa shape index (κ3) is 3.13. The lowest BCUT2D eigenvalue weighted by Crippen LogP contribution is -2.24. The summed E-state index contributed by atoms with van der Waals surface area (Å²) >= 11 is 3.41. The van der Waals surface area contributed by atoms with Crippen LogP contribution in [0.3, 0.4) is 0 Å². The highest BCUT2D eigenvalue weighted by Gasteiger charge is 2.30. The molecule has 116 valence electrons. The molecule has 0 bridgehead atoms. The second-order valence-corrected chi connectivity index (χ2v) is 6.12. The van der Waals surface area contributed by atoms with E-state index in [0.717, 1.165) is 28.5 Å². The fraction of sp³-hybridized carbons (Fsp3) is 0.312. The topological polar surface area (TPSA) is 34.2 Å². The minimum Gasteiger partial charge on any atom is -0.371 e. The number of aromatic nitrogens is 1. The van der Waals surface area contributed by atoms with E-state index < -0.39 is 11.6 Å². The minimum absolute atomic E-state index is 0.0297. The predicted molar refractivity (Wildman–Crippen MR) is 83.8 cm³/mol. The first-order valence-electron chi connectivity index (χ1n) is 7.01. The Morgan fingerprint density at radius 3 is 2.77 bits per heavy atom. The normalized spacial score (nSPS) is 21.1. The largest absolute Gasteiger partial charge is 0.371 e. The van der Waals surface area contributed by atoms with Crippen LogP contribution in [-0.2, 0) is 4.74 Å². The first-order chi connectivity index (χ1) is 10.5. The van der Waals surface area contributed by atoms with Crippen molar-refractivity contribution in [1.82, 2.24) is 4.98 Å². The number of nitrogens with one attached hydrogen (secondary N) is 1. The Morgan fingerprint density at radius 2 is 2.05 bits per heavy atom. The summed E-state index contributed by atoms with van der Waals surface area (Å²) in [6.45, 7) is 2.48. The molecule has 22 heavy (non-hydrogen) atoms. The number of ether oxygens (including phenoxy) is 1. The van der Waals surface area contributed by atoms with Crippen molar-refractivity contribution in [2.24, 2.45) is 0 Å². The van der Waals surface area contributed by atoms with E-state index in [1.54, 1.807) is 6.07 Å². The van der Waals surface area contributed by atoms with Gasteiger partial charge in [0.1, 0.15) is 11.9 Å². The highest BCUT2D eigenvalue weighted by atomic mass is 79.9. The first kappa shape index (κ1) is 15.4. The SMILES string of the molecule is Cc1nc(NC2CCOC2c2ccc(F)c(F)c2)ccc1Br. The van der Waals surface area contributed by atoms with Crippen LogP contribution < -0.4 is 5.32 Å². The number of halogens is 3. The van der Waals surface area contributed by atoms with Crippen molar-refractivity contribution in [1.29, 1.82) is 0 Å². The molecule has 0 spiro atoms. The van der Waals surface area contributed by atoms with Crippen LogP contribution in [0.2, 0.25) is 0 Å². The molecule has 2 atom stereocenters. The van der Waals surface area contributed by atoms with Gasteiger partial charge in [0.25, 0.3) is 0 Å². The van der Waals surface area contributed by atoms with Crippen LogP contribution >= 0.6 is 15.9 Å². The molecule has 1 aliphatic rings. The molecule has 1 aliphatic heterocycles. The zero-order valence-electron chi connectivity index (χ0n) is 11.9. The lowest BCUT2D eigenvalue weighted by molar-refractivity contribution is 0.107. The Hall–Kier alpha value is -1.53. The van der Waals surface area contributed by atoms with Crippen molar-refractivity contribution in [3.63, 3.8) is 0 Å². The Labute approximate surface area is 135 Å². The fourth-order valence-corrected chi connectivity index (χ4v) is 2.79. The quantitative estimate of drug-likeness (QED) is 0.873. The van der Waals surface area contributed by atoms with Crippen molar-refractivity contribution in [2.75, 3.05) is 11.9 Å². The summed E-state index contributed by atoms with van der Waals surface area (Å²) in [5.41, 5.74) is 1.51. The van der Waals surface area contributed by atoms with E-state index in [1.807, 2.05) is 19.1 Å². The smallest absolute Gasteiger partial charge is 0.159 e. The summed E-state index contributed by atoms with van der Waals surface area (Å²) in [5, 5.41) is 3.32. The molecule has 2 aromatic rings. The summed E-state index contributed by atoms with van der Waals surface area (Å²) in [6.07, 6.45) is 0.460. The third-order valence-corrected chi connectivity index (χ3v) is 4.56. The van der Waals surface area contributed by atoms with Gasteiger partial charge < -0.3 is 10.1 Å². The fourth-order valence-electron chi connectivity index (χ4n) is 2.57. The zero-order chi connectivity index (χ0) is 15.7. The van der Waals surface area contributed by atoms with Crippen LogP contribution in [0.5, 0.6) is 0 Å². The minimum atomic E-state index is -0.857.